The molecule has 1 amide bonds. The molecule has 0 heterocycles. The van der Waals surface area contributed by atoms with E-state index in [-0.39, 0.29) is 11.9 Å². The highest BCUT2D eigenvalue weighted by atomic mass is 16.3. The lowest BCUT2D eigenvalue weighted by Crippen LogP contribution is -2.34. The SMILES string of the molecule is CC(C)CC(c1ccccc1)N(C)C(=O)CO. The van der Waals surface area contributed by atoms with Crippen LogP contribution in [0.25, 0.3) is 0 Å². The van der Waals surface area contributed by atoms with Crippen molar-refractivity contribution in [2.75, 3.05) is 13.7 Å². The summed E-state index contributed by atoms with van der Waals surface area (Å²) < 4.78 is 0. The molecule has 17 heavy (non-hydrogen) atoms. The highest BCUT2D eigenvalue weighted by Crippen LogP contribution is 2.26. The van der Waals surface area contributed by atoms with Gasteiger partial charge in [-0.15, -0.1) is 0 Å². The molecule has 0 saturated heterocycles. The van der Waals surface area contributed by atoms with Gasteiger partial charge in [-0.1, -0.05) is 44.2 Å². The maximum absolute atomic E-state index is 11.6. The lowest BCUT2D eigenvalue weighted by molar-refractivity contribution is -0.135. The zero-order valence-electron chi connectivity index (χ0n) is 10.8. The van der Waals surface area contributed by atoms with Crippen LogP contribution in [0.5, 0.6) is 0 Å². The Labute approximate surface area is 103 Å². The Bertz CT molecular complexity index is 348. The minimum absolute atomic E-state index is 0.0378. The van der Waals surface area contributed by atoms with Crippen LogP contribution in [0, 0.1) is 5.92 Å². The number of rotatable bonds is 5. The minimum atomic E-state index is -0.433. The Balaban J connectivity index is 2.92. The summed E-state index contributed by atoms with van der Waals surface area (Å²) >= 11 is 0. The number of aliphatic hydroxyl groups excluding tert-OH is 1. The molecule has 0 spiro atoms. The highest BCUT2D eigenvalue weighted by Gasteiger charge is 2.21. The quantitative estimate of drug-likeness (QED) is 0.850. The molecule has 0 fully saturated rings. The summed E-state index contributed by atoms with van der Waals surface area (Å²) in [5, 5.41) is 8.94. The normalized spacial score (nSPS) is 12.5. The molecule has 0 bridgehead atoms. The number of carbonyl (C=O) groups is 1. The van der Waals surface area contributed by atoms with Gasteiger partial charge in [-0.2, -0.15) is 0 Å². The Kier molecular flexibility index (Phi) is 5.16. The number of aliphatic hydroxyl groups is 1. The van der Waals surface area contributed by atoms with Crippen molar-refractivity contribution in [3.63, 3.8) is 0 Å². The first-order chi connectivity index (χ1) is 8.06. The molecule has 94 valence electrons. The zero-order chi connectivity index (χ0) is 12.8. The smallest absolute Gasteiger partial charge is 0.248 e. The summed E-state index contributed by atoms with van der Waals surface area (Å²) in [6, 6.07) is 9.99. The van der Waals surface area contributed by atoms with Crippen LogP contribution in [0.15, 0.2) is 30.3 Å². The van der Waals surface area contributed by atoms with Crippen LogP contribution in [0.2, 0.25) is 0 Å². The molecule has 1 aromatic carbocycles. The number of benzene rings is 1. The Hall–Kier alpha value is -1.35. The van der Waals surface area contributed by atoms with E-state index in [0.29, 0.717) is 5.92 Å². The van der Waals surface area contributed by atoms with Crippen LogP contribution in [-0.4, -0.2) is 29.6 Å². The number of carbonyl (C=O) groups excluding carboxylic acids is 1. The van der Waals surface area contributed by atoms with Crippen molar-refractivity contribution < 1.29 is 9.90 Å². The van der Waals surface area contributed by atoms with Gasteiger partial charge in [0.05, 0.1) is 6.04 Å². The van der Waals surface area contributed by atoms with Crippen LogP contribution in [0.3, 0.4) is 0 Å². The minimum Gasteiger partial charge on any atom is -0.387 e. The van der Waals surface area contributed by atoms with Crippen LogP contribution in [-0.2, 0) is 4.79 Å². The van der Waals surface area contributed by atoms with Gasteiger partial charge in [0.15, 0.2) is 0 Å². The molecule has 0 saturated carbocycles. The van der Waals surface area contributed by atoms with E-state index in [1.807, 2.05) is 30.3 Å². The molecule has 0 aliphatic carbocycles. The standard InChI is InChI=1S/C14H21NO2/c1-11(2)9-13(15(3)14(17)10-16)12-7-5-4-6-8-12/h4-8,11,13,16H,9-10H2,1-3H3. The van der Waals surface area contributed by atoms with E-state index in [9.17, 15) is 4.79 Å². The van der Waals surface area contributed by atoms with Crippen LogP contribution in [0.1, 0.15) is 31.9 Å². The molecule has 1 rings (SSSR count). The fraction of sp³-hybridized carbons (Fsp3) is 0.500. The van der Waals surface area contributed by atoms with Gasteiger partial charge in [0.1, 0.15) is 6.61 Å². The summed E-state index contributed by atoms with van der Waals surface area (Å²) in [6.07, 6.45) is 0.895. The third-order valence-electron chi connectivity index (χ3n) is 2.88. The van der Waals surface area contributed by atoms with E-state index in [4.69, 9.17) is 5.11 Å². The van der Waals surface area contributed by atoms with Crippen molar-refractivity contribution in [1.82, 2.24) is 4.90 Å². The van der Waals surface area contributed by atoms with E-state index in [1.54, 1.807) is 11.9 Å². The zero-order valence-corrected chi connectivity index (χ0v) is 10.8. The summed E-state index contributed by atoms with van der Waals surface area (Å²) in [5.41, 5.74) is 1.12. The summed E-state index contributed by atoms with van der Waals surface area (Å²) in [4.78, 5) is 13.2. The fourth-order valence-corrected chi connectivity index (χ4v) is 1.92. The Morgan fingerprint density at radius 3 is 2.35 bits per heavy atom. The maximum atomic E-state index is 11.6. The fourth-order valence-electron chi connectivity index (χ4n) is 1.92. The summed E-state index contributed by atoms with van der Waals surface area (Å²) in [6.45, 7) is 3.83. The monoisotopic (exact) mass is 235 g/mol. The predicted octanol–water partition coefficient (Wildman–Crippen LogP) is 2.22. The molecular weight excluding hydrogens is 214 g/mol. The third kappa shape index (κ3) is 3.86. The van der Waals surface area contributed by atoms with E-state index in [1.165, 1.54) is 0 Å². The molecule has 1 aromatic rings. The number of nitrogens with zero attached hydrogens (tertiary/aromatic N) is 1. The summed E-state index contributed by atoms with van der Waals surface area (Å²) in [5.74, 6) is 0.258. The average molecular weight is 235 g/mol. The Morgan fingerprint density at radius 2 is 1.88 bits per heavy atom. The molecule has 1 unspecified atom stereocenters. The molecule has 3 heteroatoms. The topological polar surface area (TPSA) is 40.5 Å². The van der Waals surface area contributed by atoms with Gasteiger partial charge < -0.3 is 10.0 Å². The first-order valence-electron chi connectivity index (χ1n) is 5.97. The van der Waals surface area contributed by atoms with E-state index < -0.39 is 6.61 Å². The third-order valence-corrected chi connectivity index (χ3v) is 2.88. The molecule has 3 nitrogen and oxygen atoms in total. The number of hydrogen-bond acceptors (Lipinski definition) is 2. The summed E-state index contributed by atoms with van der Waals surface area (Å²) in [7, 11) is 1.75. The van der Waals surface area contributed by atoms with Gasteiger partial charge in [0, 0.05) is 7.05 Å². The largest absolute Gasteiger partial charge is 0.387 e. The van der Waals surface area contributed by atoms with Crippen molar-refractivity contribution in [1.29, 1.82) is 0 Å². The van der Waals surface area contributed by atoms with Crippen LogP contribution >= 0.6 is 0 Å². The van der Waals surface area contributed by atoms with Gasteiger partial charge in [0.2, 0.25) is 5.91 Å². The molecule has 0 radical (unpaired) electrons. The maximum Gasteiger partial charge on any atom is 0.248 e. The number of hydrogen-bond donors (Lipinski definition) is 1. The van der Waals surface area contributed by atoms with Gasteiger partial charge >= 0.3 is 0 Å². The number of amides is 1. The van der Waals surface area contributed by atoms with Crippen LogP contribution < -0.4 is 0 Å². The van der Waals surface area contributed by atoms with Gasteiger partial charge in [-0.05, 0) is 17.9 Å². The molecule has 0 aromatic heterocycles. The molecule has 0 aliphatic heterocycles. The highest BCUT2D eigenvalue weighted by molar-refractivity contribution is 5.77. The second-order valence-electron chi connectivity index (χ2n) is 4.72. The first-order valence-corrected chi connectivity index (χ1v) is 5.97. The number of likely N-dealkylation sites (N-methyl/N-ethyl adjacent to an activating group) is 1. The predicted molar refractivity (Wildman–Crippen MR) is 68.5 cm³/mol. The van der Waals surface area contributed by atoms with Crippen molar-refractivity contribution in [3.8, 4) is 0 Å². The second kappa shape index (κ2) is 6.40. The van der Waals surface area contributed by atoms with Crippen LogP contribution in [0.4, 0.5) is 0 Å². The molecule has 1 atom stereocenters. The van der Waals surface area contributed by atoms with Crippen molar-refractivity contribution in [3.05, 3.63) is 35.9 Å². The van der Waals surface area contributed by atoms with Gasteiger partial charge in [-0.25, -0.2) is 0 Å². The molecular formula is C14H21NO2. The first kappa shape index (κ1) is 13.7. The van der Waals surface area contributed by atoms with E-state index in [0.717, 1.165) is 12.0 Å². The van der Waals surface area contributed by atoms with Gasteiger partial charge in [0.25, 0.3) is 0 Å². The van der Waals surface area contributed by atoms with E-state index in [2.05, 4.69) is 13.8 Å². The second-order valence-corrected chi connectivity index (χ2v) is 4.72. The lowest BCUT2D eigenvalue weighted by atomic mass is 9.96. The molecule has 0 aliphatic rings. The van der Waals surface area contributed by atoms with Crippen molar-refractivity contribution in [2.45, 2.75) is 26.3 Å². The van der Waals surface area contributed by atoms with E-state index >= 15 is 0 Å². The van der Waals surface area contributed by atoms with Gasteiger partial charge in [-0.3, -0.25) is 4.79 Å². The Morgan fingerprint density at radius 1 is 1.29 bits per heavy atom. The lowest BCUT2D eigenvalue weighted by Gasteiger charge is -2.29. The van der Waals surface area contributed by atoms with Crippen molar-refractivity contribution in [2.24, 2.45) is 5.92 Å². The van der Waals surface area contributed by atoms with Crippen molar-refractivity contribution >= 4 is 5.91 Å². The molecule has 1 N–H and O–H groups in total. The average Bonchev–Trinajstić information content (AvgIpc) is 2.35.